The number of hydrazine groups is 1. The molecule has 1 aliphatic rings. The normalized spacial score (nSPS) is 13.7. The number of benzene rings is 1. The monoisotopic (exact) mass is 490 g/mol. The largest absolute Gasteiger partial charge is 0.492 e. The van der Waals surface area contributed by atoms with Gasteiger partial charge in [-0.1, -0.05) is 6.07 Å². The summed E-state index contributed by atoms with van der Waals surface area (Å²) >= 11 is 0. The highest BCUT2D eigenvalue weighted by Gasteiger charge is 2.31. The molecule has 2 amide bonds. The van der Waals surface area contributed by atoms with Gasteiger partial charge < -0.3 is 41.5 Å². The first-order valence-electron chi connectivity index (χ1n) is 10.3. The first-order valence-corrected chi connectivity index (χ1v) is 10.3. The molecule has 1 aliphatic carbocycles. The fourth-order valence-electron chi connectivity index (χ4n) is 2.98. The van der Waals surface area contributed by atoms with E-state index in [9.17, 15) is 9.59 Å². The van der Waals surface area contributed by atoms with Gasteiger partial charge in [0.2, 0.25) is 5.91 Å². The SMILES string of the molecule is COc1c(Nc2cc(NC(=O)C3CC3)nnc2C(=O)NC(O)(O)O)cccc1N(N)/C=C(\N)CO. The third-order valence-corrected chi connectivity index (χ3v) is 4.72. The van der Waals surface area contributed by atoms with Crippen LogP contribution in [0.2, 0.25) is 0 Å². The van der Waals surface area contributed by atoms with E-state index in [0.29, 0.717) is 5.69 Å². The first-order chi connectivity index (χ1) is 16.5. The Kier molecular flexibility index (Phi) is 7.68. The molecule has 0 atom stereocenters. The molecule has 0 unspecified atom stereocenters. The lowest BCUT2D eigenvalue weighted by molar-refractivity contribution is -0.323. The summed E-state index contributed by atoms with van der Waals surface area (Å²) in [7, 11) is 1.37. The molecule has 0 aliphatic heterocycles. The summed E-state index contributed by atoms with van der Waals surface area (Å²) in [6.45, 7) is -0.424. The van der Waals surface area contributed by atoms with Crippen LogP contribution in [0, 0.1) is 5.92 Å². The zero-order valence-electron chi connectivity index (χ0n) is 18.6. The van der Waals surface area contributed by atoms with E-state index >= 15 is 0 Å². The summed E-state index contributed by atoms with van der Waals surface area (Å²) in [5, 5.41) is 52.2. The van der Waals surface area contributed by atoms with Crippen LogP contribution in [0.15, 0.2) is 36.2 Å². The van der Waals surface area contributed by atoms with Gasteiger partial charge in [0.1, 0.15) is 5.69 Å². The number of carbonyl (C=O) groups is 2. The molecule has 35 heavy (non-hydrogen) atoms. The second-order valence-electron chi connectivity index (χ2n) is 7.60. The number of hydrogen-bond donors (Lipinski definition) is 9. The second-order valence-corrected chi connectivity index (χ2v) is 7.60. The Labute approximate surface area is 199 Å². The summed E-state index contributed by atoms with van der Waals surface area (Å²) in [4.78, 5) is 24.6. The lowest BCUT2D eigenvalue weighted by Gasteiger charge is -2.21. The number of para-hydroxylation sites is 1. The molecule has 0 bridgehead atoms. The molecule has 0 radical (unpaired) electrons. The van der Waals surface area contributed by atoms with Crippen molar-refractivity contribution in [3.05, 3.63) is 41.9 Å². The van der Waals surface area contributed by atoms with Crippen LogP contribution in [-0.4, -0.2) is 62.3 Å². The number of anilines is 4. The Morgan fingerprint density at radius 2 is 1.97 bits per heavy atom. The Morgan fingerprint density at radius 1 is 1.26 bits per heavy atom. The predicted molar refractivity (Wildman–Crippen MR) is 123 cm³/mol. The van der Waals surface area contributed by atoms with Crippen molar-refractivity contribution in [3.8, 4) is 5.75 Å². The highest BCUT2D eigenvalue weighted by molar-refractivity contribution is 6.00. The minimum atomic E-state index is -3.51. The van der Waals surface area contributed by atoms with Gasteiger partial charge in [0.25, 0.3) is 5.91 Å². The van der Waals surface area contributed by atoms with Crippen molar-refractivity contribution in [2.24, 2.45) is 17.5 Å². The third-order valence-electron chi connectivity index (χ3n) is 4.72. The number of rotatable bonds is 10. The number of carbonyl (C=O) groups excluding carboxylic acids is 2. The van der Waals surface area contributed by atoms with E-state index in [0.717, 1.165) is 17.9 Å². The Morgan fingerprint density at radius 3 is 2.57 bits per heavy atom. The standard InChI is InChI=1S/C20H26N8O7/c1-35-17-12(3-2-4-14(17)28(22)8-11(21)9-29)23-13-7-15(24-18(30)10-5-6-10)26-27-16(13)19(31)25-20(32,33)34/h2-4,7-8,10,29,32-34H,5-6,9,21-22H2,1H3,(H,25,31)(H2,23,24,26,30)/b11-8-. The fourth-order valence-corrected chi connectivity index (χ4v) is 2.98. The number of amides is 2. The highest BCUT2D eigenvalue weighted by atomic mass is 16.7. The smallest absolute Gasteiger partial charge is 0.369 e. The van der Waals surface area contributed by atoms with Crippen LogP contribution < -0.4 is 37.3 Å². The van der Waals surface area contributed by atoms with Crippen LogP contribution in [0.5, 0.6) is 5.75 Å². The average molecular weight is 490 g/mol. The number of nitrogens with zero attached hydrogens (tertiary/aromatic N) is 3. The molecular formula is C20H26N8O7. The van der Waals surface area contributed by atoms with Gasteiger partial charge in [-0.25, -0.2) is 5.84 Å². The quantitative estimate of drug-likeness (QED) is 0.103. The average Bonchev–Trinajstić information content (AvgIpc) is 3.63. The maximum Gasteiger partial charge on any atom is 0.369 e. The van der Waals surface area contributed by atoms with Gasteiger partial charge in [-0.2, -0.15) is 0 Å². The van der Waals surface area contributed by atoms with Crippen molar-refractivity contribution in [3.63, 3.8) is 0 Å². The van der Waals surface area contributed by atoms with Crippen molar-refractivity contribution in [1.29, 1.82) is 0 Å². The molecule has 15 heteroatoms. The van der Waals surface area contributed by atoms with Gasteiger partial charge in [0, 0.05) is 18.2 Å². The molecule has 11 N–H and O–H groups in total. The Hall–Kier alpha value is -4.02. The summed E-state index contributed by atoms with van der Waals surface area (Å²) in [6.07, 6.45) is -0.717. The van der Waals surface area contributed by atoms with Crippen LogP contribution in [0.25, 0.3) is 0 Å². The van der Waals surface area contributed by atoms with Crippen LogP contribution >= 0.6 is 0 Å². The van der Waals surface area contributed by atoms with Crippen LogP contribution in [-0.2, 0) is 4.79 Å². The van der Waals surface area contributed by atoms with Crippen molar-refractivity contribution < 1.29 is 34.8 Å². The van der Waals surface area contributed by atoms with Crippen molar-refractivity contribution in [2.45, 2.75) is 18.9 Å². The number of ether oxygens (including phenoxy) is 1. The lowest BCUT2D eigenvalue weighted by Crippen LogP contribution is -2.48. The van der Waals surface area contributed by atoms with Crippen molar-refractivity contribution in [2.75, 3.05) is 29.4 Å². The summed E-state index contributed by atoms with van der Waals surface area (Å²) < 4.78 is 5.46. The maximum atomic E-state index is 12.5. The highest BCUT2D eigenvalue weighted by Crippen LogP contribution is 2.37. The minimum Gasteiger partial charge on any atom is -0.492 e. The second kappa shape index (κ2) is 10.5. The molecular weight excluding hydrogens is 464 g/mol. The van der Waals surface area contributed by atoms with Crippen LogP contribution in [0.1, 0.15) is 23.3 Å². The van der Waals surface area contributed by atoms with Gasteiger partial charge in [0.15, 0.2) is 17.3 Å². The van der Waals surface area contributed by atoms with E-state index in [1.807, 2.05) is 0 Å². The van der Waals surface area contributed by atoms with Gasteiger partial charge in [0.05, 0.1) is 30.8 Å². The zero-order valence-corrected chi connectivity index (χ0v) is 18.6. The van der Waals surface area contributed by atoms with E-state index in [1.54, 1.807) is 18.2 Å². The summed E-state index contributed by atoms with van der Waals surface area (Å²) in [5.74, 6) is 4.66. The number of nitrogens with two attached hydrogens (primary N) is 2. The summed E-state index contributed by atoms with van der Waals surface area (Å²) in [5.41, 5.74) is 5.84. The minimum absolute atomic E-state index is 0.0263. The van der Waals surface area contributed by atoms with E-state index in [-0.39, 0.29) is 40.5 Å². The lowest BCUT2D eigenvalue weighted by atomic mass is 10.2. The molecule has 188 valence electrons. The van der Waals surface area contributed by atoms with E-state index in [1.165, 1.54) is 24.7 Å². The van der Waals surface area contributed by atoms with Gasteiger partial charge in [-0.05, 0) is 25.0 Å². The van der Waals surface area contributed by atoms with Crippen LogP contribution in [0.3, 0.4) is 0 Å². The van der Waals surface area contributed by atoms with E-state index in [4.69, 9.17) is 36.7 Å². The number of methoxy groups -OCH3 is 1. The maximum absolute atomic E-state index is 12.5. The number of aliphatic hydroxyl groups is 4. The number of aromatic nitrogens is 2. The Balaban J connectivity index is 2.00. The third kappa shape index (κ3) is 6.75. The molecule has 1 aromatic carbocycles. The molecule has 3 rings (SSSR count). The topological polar surface area (TPSA) is 241 Å². The molecule has 1 heterocycles. The number of nitrogens with one attached hydrogen (secondary N) is 3. The molecule has 15 nitrogen and oxygen atoms in total. The molecule has 0 saturated heterocycles. The van der Waals surface area contributed by atoms with E-state index in [2.05, 4.69) is 20.8 Å². The van der Waals surface area contributed by atoms with Gasteiger partial charge >= 0.3 is 6.10 Å². The zero-order chi connectivity index (χ0) is 25.8. The molecule has 2 aromatic rings. The van der Waals surface area contributed by atoms with Crippen LogP contribution in [0.4, 0.5) is 22.9 Å². The Bertz CT molecular complexity index is 1130. The summed E-state index contributed by atoms with van der Waals surface area (Å²) in [6, 6.07) is 6.08. The molecule has 1 saturated carbocycles. The predicted octanol–water partition coefficient (Wildman–Crippen LogP) is -1.63. The van der Waals surface area contributed by atoms with Gasteiger partial charge in [-0.15, -0.1) is 10.2 Å². The van der Waals surface area contributed by atoms with E-state index < -0.39 is 24.3 Å². The number of hydrogen-bond acceptors (Lipinski definition) is 13. The number of aliphatic hydroxyl groups excluding tert-OH is 1. The van der Waals surface area contributed by atoms with Crippen molar-refractivity contribution >= 4 is 34.7 Å². The fraction of sp³-hybridized carbons (Fsp3) is 0.300. The van der Waals surface area contributed by atoms with Gasteiger partial charge in [-0.3, -0.25) is 19.9 Å². The molecule has 0 spiro atoms. The van der Waals surface area contributed by atoms with Crippen molar-refractivity contribution in [1.82, 2.24) is 15.5 Å². The first kappa shape index (κ1) is 25.6. The molecule has 1 aromatic heterocycles. The molecule has 1 fully saturated rings.